The van der Waals surface area contributed by atoms with Crippen LogP contribution in [0.5, 0.6) is 0 Å². The van der Waals surface area contributed by atoms with Gasteiger partial charge in [0.2, 0.25) is 0 Å². The summed E-state index contributed by atoms with van der Waals surface area (Å²) in [5, 5.41) is 7.51. The number of para-hydroxylation sites is 2. The summed E-state index contributed by atoms with van der Waals surface area (Å²) >= 11 is 5.69. The van der Waals surface area contributed by atoms with E-state index < -0.39 is 18.1 Å². The van der Waals surface area contributed by atoms with Gasteiger partial charge in [0.05, 0.1) is 27.6 Å². The molecule has 41 heavy (non-hydrogen) atoms. The van der Waals surface area contributed by atoms with E-state index in [1.54, 1.807) is 30.4 Å². The molecule has 0 unspecified atom stereocenters. The Morgan fingerprint density at radius 1 is 1.10 bits per heavy atom. The van der Waals surface area contributed by atoms with Crippen LogP contribution in [0.2, 0.25) is 0 Å². The maximum Gasteiger partial charge on any atom is 0.269 e. The summed E-state index contributed by atoms with van der Waals surface area (Å²) in [7, 11) is 1.72. The number of hydrogen-bond acceptors (Lipinski definition) is 6. The fourth-order valence-electron chi connectivity index (χ4n) is 7.54. The van der Waals surface area contributed by atoms with Crippen molar-refractivity contribution >= 4 is 66.9 Å². The van der Waals surface area contributed by atoms with E-state index in [2.05, 4.69) is 56.7 Å². The highest BCUT2D eigenvalue weighted by Gasteiger charge is 2.53. The number of imidazole rings is 1. The summed E-state index contributed by atoms with van der Waals surface area (Å²) in [6.07, 6.45) is 4.20. The van der Waals surface area contributed by atoms with Crippen LogP contribution in [-0.2, 0) is 26.5 Å². The molecule has 1 fully saturated rings. The minimum atomic E-state index is -0.880. The van der Waals surface area contributed by atoms with Gasteiger partial charge in [-0.05, 0) is 36.8 Å². The Morgan fingerprint density at radius 3 is 2.61 bits per heavy atom. The number of amides is 1. The van der Waals surface area contributed by atoms with Crippen LogP contribution in [0.15, 0.2) is 67.3 Å². The molecule has 1 saturated heterocycles. The number of nitrogens with zero attached hydrogens (tertiary/aromatic N) is 4. The van der Waals surface area contributed by atoms with Crippen molar-refractivity contribution in [2.45, 2.75) is 44.1 Å². The van der Waals surface area contributed by atoms with Gasteiger partial charge in [-0.2, -0.15) is 0 Å². The average Bonchev–Trinajstić information content (AvgIpc) is 3.76. The zero-order valence-electron chi connectivity index (χ0n) is 22.3. The van der Waals surface area contributed by atoms with E-state index in [4.69, 9.17) is 26.4 Å². The number of hydrogen-bond donors (Lipinski definition) is 1. The fourth-order valence-corrected chi connectivity index (χ4v) is 7.77. The van der Waals surface area contributed by atoms with Crippen LogP contribution < -0.4 is 5.32 Å². The summed E-state index contributed by atoms with van der Waals surface area (Å²) in [5.74, 6) is -0.0511. The summed E-state index contributed by atoms with van der Waals surface area (Å²) in [4.78, 5) is 17.7. The first-order valence-electron chi connectivity index (χ1n) is 13.7. The second-order valence-electron chi connectivity index (χ2n) is 11.1. The van der Waals surface area contributed by atoms with Crippen molar-refractivity contribution in [2.24, 2.45) is 0 Å². The van der Waals surface area contributed by atoms with Crippen LogP contribution >= 0.6 is 12.2 Å². The molecule has 3 aliphatic heterocycles. The molecule has 6 heterocycles. The Hall–Kier alpha value is -4.25. The fraction of sp³-hybridized carbons (Fsp3) is 0.258. The number of carbonyl (C=O) groups is 1. The van der Waals surface area contributed by atoms with Crippen LogP contribution in [0.1, 0.15) is 35.5 Å². The van der Waals surface area contributed by atoms with Gasteiger partial charge in [0.25, 0.3) is 11.1 Å². The van der Waals surface area contributed by atoms with Gasteiger partial charge in [0.1, 0.15) is 18.5 Å². The number of nitrogens with one attached hydrogen (secondary N) is 1. The molecule has 6 aromatic rings. The van der Waals surface area contributed by atoms with Gasteiger partial charge < -0.3 is 28.7 Å². The van der Waals surface area contributed by atoms with Gasteiger partial charge in [-0.1, -0.05) is 36.4 Å². The summed E-state index contributed by atoms with van der Waals surface area (Å²) < 4.78 is 26.1. The Bertz CT molecular complexity index is 2110. The zero-order valence-corrected chi connectivity index (χ0v) is 23.1. The van der Waals surface area contributed by atoms with Crippen LogP contribution in [-0.4, -0.2) is 49.1 Å². The number of rotatable bonds is 2. The molecule has 3 aromatic heterocycles. The van der Waals surface area contributed by atoms with Crippen LogP contribution in [0, 0.1) is 0 Å². The highest BCUT2D eigenvalue weighted by atomic mass is 32.1. The second-order valence-corrected chi connectivity index (χ2v) is 11.5. The van der Waals surface area contributed by atoms with Crippen molar-refractivity contribution in [2.75, 3.05) is 7.11 Å². The van der Waals surface area contributed by atoms with Gasteiger partial charge in [-0.15, -0.1) is 0 Å². The Morgan fingerprint density at radius 2 is 1.85 bits per heavy atom. The predicted octanol–water partition coefficient (Wildman–Crippen LogP) is 5.18. The topological polar surface area (TPSA) is 84.5 Å². The van der Waals surface area contributed by atoms with Crippen molar-refractivity contribution in [3.05, 3.63) is 78.4 Å². The predicted molar refractivity (Wildman–Crippen MR) is 158 cm³/mol. The quantitative estimate of drug-likeness (QED) is 0.292. The van der Waals surface area contributed by atoms with E-state index >= 15 is 0 Å². The summed E-state index contributed by atoms with van der Waals surface area (Å²) in [6.45, 7) is 2.58. The molecule has 0 saturated carbocycles. The maximum absolute atomic E-state index is 13.5. The Labute approximate surface area is 239 Å². The van der Waals surface area contributed by atoms with E-state index in [1.807, 2.05) is 18.2 Å². The van der Waals surface area contributed by atoms with Gasteiger partial charge in [-0.3, -0.25) is 9.36 Å². The highest BCUT2D eigenvalue weighted by molar-refractivity contribution is 7.80. The van der Waals surface area contributed by atoms with E-state index in [-0.39, 0.29) is 17.2 Å². The molecule has 204 valence electrons. The van der Waals surface area contributed by atoms with Gasteiger partial charge in [-0.25, -0.2) is 4.98 Å². The molecule has 0 spiro atoms. The van der Waals surface area contributed by atoms with Crippen molar-refractivity contribution in [3.8, 4) is 0 Å². The van der Waals surface area contributed by atoms with Crippen LogP contribution in [0.4, 0.5) is 0 Å². The number of ether oxygens (including phenoxy) is 3. The lowest BCUT2D eigenvalue weighted by Gasteiger charge is -2.47. The summed E-state index contributed by atoms with van der Waals surface area (Å²) in [5.41, 5.74) is 4.89. The largest absolute Gasteiger partial charge is 0.462 e. The Kier molecular flexibility index (Phi) is 4.54. The van der Waals surface area contributed by atoms with E-state index in [0.29, 0.717) is 13.0 Å². The van der Waals surface area contributed by atoms with Gasteiger partial charge in [0, 0.05) is 54.0 Å². The third kappa shape index (κ3) is 2.79. The van der Waals surface area contributed by atoms with Crippen molar-refractivity contribution in [1.82, 2.24) is 24.0 Å². The molecule has 1 amide bonds. The molecule has 0 aliphatic carbocycles. The lowest BCUT2D eigenvalue weighted by molar-refractivity contribution is -0.276. The first kappa shape index (κ1) is 23.5. The molecule has 0 radical (unpaired) electrons. The molecule has 9 rings (SSSR count). The van der Waals surface area contributed by atoms with Gasteiger partial charge >= 0.3 is 0 Å². The zero-order chi connectivity index (χ0) is 27.6. The molecular weight excluding hydrogens is 538 g/mol. The average molecular weight is 564 g/mol. The lowest BCUT2D eigenvalue weighted by atomic mass is 9.95. The number of fused-ring (bicyclic) bond motifs is 13. The third-order valence-corrected chi connectivity index (χ3v) is 9.49. The monoisotopic (exact) mass is 563 g/mol. The minimum Gasteiger partial charge on any atom is -0.462 e. The Balaban J connectivity index is 1.46. The van der Waals surface area contributed by atoms with E-state index in [9.17, 15) is 4.79 Å². The SMILES string of the molecule is CO[C@@H]1C[C@@H](OC(=S)n2ccnc2)[C@H]2O[C@]1(C)n1c3ccccc3c3c4c(c5c6ccccc6n2c5c31)C(=O)NC4. The normalized spacial score (nSPS) is 24.8. The lowest BCUT2D eigenvalue weighted by Crippen LogP contribution is -2.54. The number of methoxy groups -OCH3 is 1. The second kappa shape index (κ2) is 7.94. The van der Waals surface area contributed by atoms with Crippen molar-refractivity contribution < 1.29 is 19.0 Å². The standard InChI is InChI=1S/C31H25N5O4S/c1-31-22(38-2)13-21(39-30(41)34-12-11-32-15-34)29(40-31)35-19-9-5-3-7-16(19)24-25-18(14-33-28(25)37)23-17-8-4-6-10-20(17)36(31)27(23)26(24)35/h3-12,15,21-22,29H,13-14H2,1-2H3,(H,33,37)/t21-,22-,29-,31+/m1/s1. The summed E-state index contributed by atoms with van der Waals surface area (Å²) in [6, 6.07) is 16.6. The molecule has 2 bridgehead atoms. The molecule has 3 aromatic carbocycles. The highest BCUT2D eigenvalue weighted by Crippen LogP contribution is 2.54. The van der Waals surface area contributed by atoms with Crippen molar-refractivity contribution in [3.63, 3.8) is 0 Å². The smallest absolute Gasteiger partial charge is 0.269 e. The van der Waals surface area contributed by atoms with Crippen LogP contribution in [0.3, 0.4) is 0 Å². The van der Waals surface area contributed by atoms with Crippen LogP contribution in [0.25, 0.3) is 43.6 Å². The number of carbonyl (C=O) groups excluding carboxylic acids is 1. The third-order valence-electron chi connectivity index (χ3n) is 9.19. The first-order valence-corrected chi connectivity index (χ1v) is 14.1. The molecule has 4 atom stereocenters. The van der Waals surface area contributed by atoms with Crippen molar-refractivity contribution in [1.29, 1.82) is 0 Å². The van der Waals surface area contributed by atoms with E-state index in [0.717, 1.165) is 54.7 Å². The minimum absolute atomic E-state index is 0.0511. The molecule has 3 aliphatic rings. The first-order chi connectivity index (χ1) is 20.0. The maximum atomic E-state index is 13.5. The van der Waals surface area contributed by atoms with Gasteiger partial charge in [0.15, 0.2) is 12.0 Å². The number of benzene rings is 3. The number of aromatic nitrogens is 4. The number of thiocarbonyl (C=S) groups is 1. The molecule has 10 heteroatoms. The molecule has 9 nitrogen and oxygen atoms in total. The molecule has 1 N–H and O–H groups in total. The van der Waals surface area contributed by atoms with E-state index in [1.165, 1.54) is 0 Å². The molecular formula is C31H25N5O4S.